The second-order valence-electron chi connectivity index (χ2n) is 15.4. The number of pyridine rings is 2. The molecule has 0 N–H and O–H groups in total. The third-order valence-corrected chi connectivity index (χ3v) is 9.13. The van der Waals surface area contributed by atoms with E-state index in [9.17, 15) is 0 Å². The van der Waals surface area contributed by atoms with Crippen LogP contribution in [0.25, 0.3) is 55.7 Å². The Hall–Kier alpha value is -3.96. The molecule has 0 aliphatic rings. The Labute approximate surface area is 281 Å². The second-order valence-corrected chi connectivity index (χ2v) is 16.2. The van der Waals surface area contributed by atoms with Crippen molar-refractivity contribution in [3.63, 3.8) is 0 Å². The van der Waals surface area contributed by atoms with Crippen molar-refractivity contribution in [1.29, 1.82) is 0 Å². The van der Waals surface area contributed by atoms with Crippen LogP contribution in [-0.4, -0.2) is 17.1 Å². The van der Waals surface area contributed by atoms with Gasteiger partial charge in [-0.25, -0.2) is 9.97 Å². The number of halogens is 1. The Morgan fingerprint density at radius 3 is 1.76 bits per heavy atom. The fraction of sp³-hybridized carbons (Fsp3) is 0.317. The summed E-state index contributed by atoms with van der Waals surface area (Å²) in [7, 11) is 1.71. The van der Waals surface area contributed by atoms with Crippen molar-refractivity contribution >= 4 is 37.9 Å². The van der Waals surface area contributed by atoms with Crippen molar-refractivity contribution in [2.24, 2.45) is 0 Å². The van der Waals surface area contributed by atoms with E-state index in [0.717, 1.165) is 66.1 Å². The molecule has 0 atom stereocenters. The minimum atomic E-state index is -0.0567. The zero-order chi connectivity index (χ0) is 33.2. The molecule has 0 aliphatic carbocycles. The van der Waals surface area contributed by atoms with E-state index in [4.69, 9.17) is 19.1 Å². The Balaban J connectivity index is 1.66. The van der Waals surface area contributed by atoms with E-state index in [-0.39, 0.29) is 16.2 Å². The maximum absolute atomic E-state index is 6.32. The molecule has 46 heavy (non-hydrogen) atoms. The fourth-order valence-corrected chi connectivity index (χ4v) is 6.25. The molecule has 4 nitrogen and oxygen atoms in total. The van der Waals surface area contributed by atoms with Gasteiger partial charge >= 0.3 is 0 Å². The van der Waals surface area contributed by atoms with Crippen LogP contribution in [0.2, 0.25) is 0 Å². The summed E-state index contributed by atoms with van der Waals surface area (Å²) in [4.78, 5) is 10.2. The molecule has 0 unspecified atom stereocenters. The van der Waals surface area contributed by atoms with Gasteiger partial charge in [-0.05, 0) is 102 Å². The fourth-order valence-electron chi connectivity index (χ4n) is 5.81. The van der Waals surface area contributed by atoms with E-state index in [2.05, 4.69) is 139 Å². The van der Waals surface area contributed by atoms with E-state index in [0.29, 0.717) is 0 Å². The Bertz CT molecular complexity index is 2070. The summed E-state index contributed by atoms with van der Waals surface area (Å²) < 4.78 is 13.1. The summed E-state index contributed by atoms with van der Waals surface area (Å²) in [5, 5.41) is 2.08. The van der Waals surface area contributed by atoms with Crippen LogP contribution in [0.3, 0.4) is 0 Å². The van der Waals surface area contributed by atoms with Crippen molar-refractivity contribution in [2.45, 2.75) is 78.6 Å². The minimum Gasteiger partial charge on any atom is -0.496 e. The summed E-state index contributed by atoms with van der Waals surface area (Å²) in [6.07, 6.45) is 0. The number of hydrogen-bond donors (Lipinski definition) is 0. The number of ether oxygens (including phenoxy) is 1. The molecule has 0 spiro atoms. The molecule has 3 aromatic carbocycles. The van der Waals surface area contributed by atoms with Crippen LogP contribution in [0.15, 0.2) is 87.9 Å². The molecule has 236 valence electrons. The zero-order valence-electron chi connectivity index (χ0n) is 28.6. The monoisotopic (exact) mass is 674 g/mol. The van der Waals surface area contributed by atoms with Crippen LogP contribution in [0.4, 0.5) is 0 Å². The van der Waals surface area contributed by atoms with Crippen LogP contribution in [-0.2, 0) is 16.2 Å². The molecule has 6 aromatic rings. The van der Waals surface area contributed by atoms with Gasteiger partial charge in [0.25, 0.3) is 0 Å². The Kier molecular flexibility index (Phi) is 7.92. The molecule has 3 heterocycles. The lowest BCUT2D eigenvalue weighted by Gasteiger charge is -2.26. The topological polar surface area (TPSA) is 48.2 Å². The van der Waals surface area contributed by atoms with E-state index >= 15 is 0 Å². The maximum Gasteiger partial charge on any atom is 0.136 e. The van der Waals surface area contributed by atoms with Crippen molar-refractivity contribution in [1.82, 2.24) is 9.97 Å². The Morgan fingerprint density at radius 1 is 0.565 bits per heavy atom. The molecule has 0 bridgehead atoms. The molecule has 0 radical (unpaired) electrons. The summed E-state index contributed by atoms with van der Waals surface area (Å²) in [5.74, 6) is 0.742. The standard InChI is InChI=1S/C41H43BrN2O2/c1-39(2,3)26-15-24(16-27(19-26)40(4,5)6)25-17-32(43-33(18-25)34-20-28(41(7,8)9)21-38(42)44-34)31-23-37-30(22-36(31)45-10)29-13-11-12-14-35(29)46-37/h11-23H,1-10H3. The number of hydrogen-bond acceptors (Lipinski definition) is 4. The molecule has 0 amide bonds. The summed E-state index contributed by atoms with van der Waals surface area (Å²) in [6.45, 7) is 20.3. The highest BCUT2D eigenvalue weighted by atomic mass is 79.9. The Morgan fingerprint density at radius 2 is 1.13 bits per heavy atom. The van der Waals surface area contributed by atoms with Crippen LogP contribution in [0, 0.1) is 0 Å². The highest BCUT2D eigenvalue weighted by Gasteiger charge is 2.23. The predicted octanol–water partition coefficient (Wildman–Crippen LogP) is 12.0. The van der Waals surface area contributed by atoms with E-state index in [1.807, 2.05) is 18.2 Å². The lowest BCUT2D eigenvalue weighted by molar-refractivity contribution is 0.417. The number of rotatable bonds is 4. The molecule has 0 saturated heterocycles. The van der Waals surface area contributed by atoms with Gasteiger partial charge in [0.15, 0.2) is 0 Å². The molecule has 0 aliphatic heterocycles. The zero-order valence-corrected chi connectivity index (χ0v) is 30.2. The normalized spacial score (nSPS) is 12.7. The third-order valence-electron chi connectivity index (χ3n) is 8.72. The first-order chi connectivity index (χ1) is 21.5. The number of methoxy groups -OCH3 is 1. The molecular weight excluding hydrogens is 632 g/mol. The van der Waals surface area contributed by atoms with Gasteiger partial charge in [-0.3, -0.25) is 0 Å². The number of fused-ring (bicyclic) bond motifs is 3. The van der Waals surface area contributed by atoms with Gasteiger partial charge < -0.3 is 9.15 Å². The lowest BCUT2D eigenvalue weighted by atomic mass is 9.79. The molecule has 3 aromatic heterocycles. The van der Waals surface area contributed by atoms with Gasteiger partial charge in [0.2, 0.25) is 0 Å². The van der Waals surface area contributed by atoms with Crippen LogP contribution in [0.5, 0.6) is 5.75 Å². The molecule has 5 heteroatoms. The second kappa shape index (κ2) is 11.4. The van der Waals surface area contributed by atoms with E-state index < -0.39 is 0 Å². The first-order valence-electron chi connectivity index (χ1n) is 15.9. The molecule has 0 saturated carbocycles. The molecule has 0 fully saturated rings. The van der Waals surface area contributed by atoms with Gasteiger partial charge in [0, 0.05) is 16.3 Å². The van der Waals surface area contributed by atoms with Gasteiger partial charge in [0.1, 0.15) is 21.5 Å². The highest BCUT2D eigenvalue weighted by molar-refractivity contribution is 9.10. The van der Waals surface area contributed by atoms with E-state index in [1.165, 1.54) is 16.7 Å². The smallest absolute Gasteiger partial charge is 0.136 e. The average molecular weight is 676 g/mol. The number of para-hydroxylation sites is 1. The minimum absolute atomic E-state index is 0.0162. The first-order valence-corrected chi connectivity index (χ1v) is 16.7. The summed E-state index contributed by atoms with van der Waals surface area (Å²) >= 11 is 3.69. The number of nitrogens with zero attached hydrogens (tertiary/aromatic N) is 2. The number of benzene rings is 3. The SMILES string of the molecule is COc1cc2c(cc1-c1cc(-c3cc(C(C)(C)C)cc(C(C)(C)C)c3)cc(-c3cc(C(C)(C)C)cc(Br)n3)n1)oc1ccccc12. The quantitative estimate of drug-likeness (QED) is 0.175. The number of aromatic nitrogens is 2. The van der Waals surface area contributed by atoms with Crippen molar-refractivity contribution in [3.8, 4) is 39.5 Å². The third kappa shape index (κ3) is 6.22. The van der Waals surface area contributed by atoms with Gasteiger partial charge in [-0.2, -0.15) is 0 Å². The largest absolute Gasteiger partial charge is 0.496 e. The predicted molar refractivity (Wildman–Crippen MR) is 196 cm³/mol. The van der Waals surface area contributed by atoms with Gasteiger partial charge in [-0.15, -0.1) is 0 Å². The summed E-state index contributed by atoms with van der Waals surface area (Å²) in [5.41, 5.74) is 10.8. The van der Waals surface area contributed by atoms with Crippen molar-refractivity contribution in [2.75, 3.05) is 7.11 Å². The average Bonchev–Trinajstić information content (AvgIpc) is 3.36. The van der Waals surface area contributed by atoms with Crippen LogP contribution < -0.4 is 4.74 Å². The highest BCUT2D eigenvalue weighted by Crippen LogP contribution is 2.41. The maximum atomic E-state index is 6.32. The van der Waals surface area contributed by atoms with Gasteiger partial charge in [0.05, 0.1) is 24.2 Å². The lowest BCUT2D eigenvalue weighted by Crippen LogP contribution is -2.16. The summed E-state index contributed by atoms with van der Waals surface area (Å²) in [6, 6.07) is 27.8. The van der Waals surface area contributed by atoms with Crippen molar-refractivity contribution in [3.05, 3.63) is 100 Å². The van der Waals surface area contributed by atoms with E-state index in [1.54, 1.807) is 7.11 Å². The van der Waals surface area contributed by atoms with Gasteiger partial charge in [-0.1, -0.05) is 98.7 Å². The first kappa shape index (κ1) is 32.0. The number of furan rings is 1. The molecule has 6 rings (SSSR count). The molecular formula is C41H43BrN2O2. The van der Waals surface area contributed by atoms with Crippen LogP contribution >= 0.6 is 15.9 Å². The van der Waals surface area contributed by atoms with Crippen LogP contribution in [0.1, 0.15) is 79.0 Å². The van der Waals surface area contributed by atoms with Crippen molar-refractivity contribution < 1.29 is 9.15 Å².